The van der Waals surface area contributed by atoms with Crippen LogP contribution in [0.4, 0.5) is 0 Å². The van der Waals surface area contributed by atoms with Crippen LogP contribution in [-0.4, -0.2) is 220 Å². The molecule has 0 nitrogen and oxygen atoms in total. The molecule has 0 aromatic heterocycles. The molecule has 0 aliphatic rings. The fourth-order valence-corrected chi connectivity index (χ4v) is 16.6. The van der Waals surface area contributed by atoms with Crippen LogP contribution in [0, 0.1) is 0 Å². The van der Waals surface area contributed by atoms with Crippen LogP contribution in [0.2, 0.25) is 0 Å². The lowest BCUT2D eigenvalue weighted by Crippen LogP contribution is -2.51. The second-order valence-electron chi connectivity index (χ2n) is 25.0. The van der Waals surface area contributed by atoms with Crippen molar-refractivity contribution in [3.05, 3.63) is 0 Å². The van der Waals surface area contributed by atoms with Gasteiger partial charge in [0.05, 0.1) is 0 Å². The van der Waals surface area contributed by atoms with Gasteiger partial charge >= 0.3 is 0 Å². The normalized spacial score (nSPS) is 12.1. The first-order chi connectivity index (χ1) is 35.5. The molecule has 0 radical (unpaired) electrons. The molecule has 0 spiro atoms. The zero-order valence-electron chi connectivity index (χ0n) is 52.0. The van der Waals surface area contributed by atoms with Crippen molar-refractivity contribution in [1.29, 1.82) is 0 Å². The highest BCUT2D eigenvalue weighted by atomic mass is 14.3. The third-order valence-corrected chi connectivity index (χ3v) is 22.4. The SMILES string of the molecule is Bc1c(B)c(-c2c(B)c(B)c3c(B)c(B)c4c(B)c(B)c(B)c5c(B)c(B)c2c3c45)c(B)c(B)c1-c1c(B)c(-c2c(B)c(B)c3c(B)c(B)c4c(B)c(B)c(B)c5c(B)c(B)c2c3c45)c2c(B)c(B)c(B)c(B)c2c1B. The molecule has 76 heavy (non-hydrogen) atoms. The fraction of sp³-hybridized carbons (Fsp3) is 0. The van der Waals surface area contributed by atoms with Gasteiger partial charge in [-0.3, -0.25) is 0 Å². The van der Waals surface area contributed by atoms with E-state index in [-0.39, 0.29) is 0 Å². The van der Waals surface area contributed by atoms with Crippen LogP contribution >= 0.6 is 0 Å². The van der Waals surface area contributed by atoms with Gasteiger partial charge in [0, 0.05) is 0 Å². The van der Waals surface area contributed by atoms with E-state index in [1.54, 1.807) is 0 Å². The Hall–Kier alpha value is -4.42. The summed E-state index contributed by atoms with van der Waals surface area (Å²) in [5, 5.41) is 20.4. The maximum Gasteiger partial charge on any atom is 0.140 e. The van der Waals surface area contributed by atoms with Gasteiger partial charge < -0.3 is 0 Å². The molecule has 0 aliphatic heterocycles. The lowest BCUT2D eigenvalue weighted by Gasteiger charge is -2.33. The number of fused-ring (bicyclic) bond motifs is 1. The van der Waals surface area contributed by atoms with Crippen LogP contribution in [0.1, 0.15) is 0 Å². The third-order valence-electron chi connectivity index (χ3n) is 22.4. The van der Waals surface area contributed by atoms with Crippen molar-refractivity contribution >= 4 is 448 Å². The van der Waals surface area contributed by atoms with E-state index in [0.29, 0.717) is 0 Å². The first-order valence-corrected chi connectivity index (χ1v) is 28.5. The van der Waals surface area contributed by atoms with Gasteiger partial charge in [0.15, 0.2) is 0 Å². The third kappa shape index (κ3) is 6.32. The van der Waals surface area contributed by atoms with Gasteiger partial charge in [0.1, 0.15) is 220 Å². The van der Waals surface area contributed by atoms with E-state index in [4.69, 9.17) is 0 Å². The molecular weight excluding hydrogens is 879 g/mol. The zero-order valence-corrected chi connectivity index (χ0v) is 52.0. The summed E-state index contributed by atoms with van der Waals surface area (Å²) in [6.45, 7) is 0. The van der Waals surface area contributed by atoms with Gasteiger partial charge in [0.25, 0.3) is 0 Å². The Kier molecular flexibility index (Phi) is 12.4. The molecule has 0 aliphatic carbocycles. The molecule has 332 valence electrons. The summed E-state index contributed by atoms with van der Waals surface area (Å²) in [5.74, 6) is 0. The quantitative estimate of drug-likeness (QED) is 0.122. The molecule has 11 aromatic rings. The summed E-state index contributed by atoms with van der Waals surface area (Å²) in [5.41, 5.74) is 48.1. The number of rotatable bonds is 3. The molecule has 0 atom stereocenters. The molecule has 0 fully saturated rings. The number of hydrogen-bond donors (Lipinski definition) is 0. The zero-order chi connectivity index (χ0) is 55.7. The highest BCUT2D eigenvalue weighted by Crippen LogP contribution is 2.37. The minimum absolute atomic E-state index is 1.39. The van der Waals surface area contributed by atoms with Crippen LogP contribution in [-0.2, 0) is 0 Å². The van der Waals surface area contributed by atoms with Crippen molar-refractivity contribution in [1.82, 2.24) is 0 Å². The second kappa shape index (κ2) is 17.5. The fourth-order valence-electron chi connectivity index (χ4n) is 16.6. The summed E-state index contributed by atoms with van der Waals surface area (Å²) in [4.78, 5) is 0. The Bertz CT molecular complexity index is 4580. The molecule has 0 bridgehead atoms. The Morgan fingerprint density at radius 3 is 0.513 bits per heavy atom. The van der Waals surface area contributed by atoms with Crippen molar-refractivity contribution in [2.75, 3.05) is 0 Å². The van der Waals surface area contributed by atoms with E-state index >= 15 is 0 Å². The average molecular weight is 936 g/mol. The van der Waals surface area contributed by atoms with Crippen LogP contribution < -0.4 is 153 Å². The van der Waals surface area contributed by atoms with Crippen LogP contribution in [0.15, 0.2) is 0 Å². The highest BCUT2D eigenvalue weighted by Gasteiger charge is 2.32. The molecule has 0 saturated heterocycles. The predicted molar refractivity (Wildman–Crippen MR) is 437 cm³/mol. The van der Waals surface area contributed by atoms with Crippen LogP contribution in [0.25, 0.3) is 109 Å². The molecule has 0 amide bonds. The van der Waals surface area contributed by atoms with Gasteiger partial charge in [-0.25, -0.2) is 0 Å². The second-order valence-corrected chi connectivity index (χ2v) is 25.0. The monoisotopic (exact) mass is 941 g/mol. The van der Waals surface area contributed by atoms with Crippen molar-refractivity contribution in [3.8, 4) is 33.4 Å². The van der Waals surface area contributed by atoms with Crippen molar-refractivity contribution in [2.24, 2.45) is 0 Å². The van der Waals surface area contributed by atoms with Crippen molar-refractivity contribution in [2.45, 2.75) is 0 Å². The summed E-state index contributed by atoms with van der Waals surface area (Å²) in [6.07, 6.45) is 0. The number of hydrogen-bond acceptors (Lipinski definition) is 0. The number of benzene rings is 11. The Morgan fingerprint density at radius 1 is 0.0789 bits per heavy atom. The lowest BCUT2D eigenvalue weighted by molar-refractivity contribution is 1.82. The molecule has 28 heteroatoms. The molecule has 11 aromatic carbocycles. The van der Waals surface area contributed by atoms with Crippen LogP contribution in [0.3, 0.4) is 0 Å². The Morgan fingerprint density at radius 2 is 0.211 bits per heavy atom. The lowest BCUT2D eigenvalue weighted by atomic mass is 9.55. The Labute approximate surface area is 478 Å². The van der Waals surface area contributed by atoms with E-state index in [0.717, 1.165) is 0 Å². The predicted octanol–water partition coefficient (Wildman–Crippen LogP) is -35.1. The molecular formula is C48H56B28. The average Bonchev–Trinajstić information content (AvgIpc) is 3.37. The summed E-state index contributed by atoms with van der Waals surface area (Å²) >= 11 is 0. The van der Waals surface area contributed by atoms with E-state index in [1.165, 1.54) is 262 Å². The minimum atomic E-state index is 1.39. The van der Waals surface area contributed by atoms with E-state index in [1.807, 2.05) is 0 Å². The summed E-state index contributed by atoms with van der Waals surface area (Å²) in [7, 11) is 67.5. The van der Waals surface area contributed by atoms with E-state index in [9.17, 15) is 0 Å². The summed E-state index contributed by atoms with van der Waals surface area (Å²) in [6, 6.07) is 0. The largest absolute Gasteiger partial charge is 0.140 e. The smallest absolute Gasteiger partial charge is 0.101 e. The first-order valence-electron chi connectivity index (χ1n) is 28.5. The first kappa shape index (κ1) is 53.6. The molecule has 0 saturated carbocycles. The Balaban J connectivity index is 1.34. The van der Waals surface area contributed by atoms with E-state index in [2.05, 4.69) is 220 Å². The maximum atomic E-state index is 2.50. The molecule has 11 rings (SSSR count). The minimum Gasteiger partial charge on any atom is -0.101 e. The van der Waals surface area contributed by atoms with Gasteiger partial charge in [-0.15, -0.1) is 21.9 Å². The van der Waals surface area contributed by atoms with Gasteiger partial charge in [-0.2, -0.15) is 0 Å². The van der Waals surface area contributed by atoms with Crippen LogP contribution in [0.5, 0.6) is 0 Å². The molecule has 0 N–H and O–H groups in total. The standard InChI is InChI=1S/C48H56B28/c49-21-7(8-5-1-3-13(30(58)23(5)51)40(68)45(73)42(70)15(3)34(62)32(60)11(1)28(56)25(8)53)10-17(44(72)48(76)47(75)27(10)55)22(50)19(21)20-38(66)36(64)18(37(65)39(20)67)9-6-2-4-14(31(59)24(6)52)41(69)46(74)43(71)16(4)35(63)33(61)12(2)29(57)26(9)54/h49-76H2. The van der Waals surface area contributed by atoms with Gasteiger partial charge in [-0.1, -0.05) is 131 Å². The molecule has 0 heterocycles. The van der Waals surface area contributed by atoms with E-state index < -0.39 is 0 Å². The van der Waals surface area contributed by atoms with Crippen molar-refractivity contribution in [3.63, 3.8) is 0 Å². The molecule has 0 unspecified atom stereocenters. The highest BCUT2D eigenvalue weighted by molar-refractivity contribution is 6.79. The topological polar surface area (TPSA) is 0 Å². The van der Waals surface area contributed by atoms with Crippen molar-refractivity contribution < 1.29 is 0 Å². The van der Waals surface area contributed by atoms with Gasteiger partial charge in [0.2, 0.25) is 0 Å². The summed E-state index contributed by atoms with van der Waals surface area (Å²) < 4.78 is 0. The van der Waals surface area contributed by atoms with Gasteiger partial charge in [-0.05, 0) is 109 Å². The maximum absolute atomic E-state index is 2.50.